The molecular weight excluding hydrogens is 302 g/mol. The van der Waals surface area contributed by atoms with Gasteiger partial charge in [0.05, 0.1) is 6.61 Å². The third-order valence-corrected chi connectivity index (χ3v) is 4.18. The Hall–Kier alpha value is -2.08. The van der Waals surface area contributed by atoms with Gasteiger partial charge in [0.2, 0.25) is 5.13 Å². The summed E-state index contributed by atoms with van der Waals surface area (Å²) in [6.07, 6.45) is 3.50. The lowest BCUT2D eigenvalue weighted by molar-refractivity contribution is -0.191. The van der Waals surface area contributed by atoms with Crippen LogP contribution in [0.25, 0.3) is 0 Å². The lowest BCUT2D eigenvalue weighted by Gasteiger charge is -2.11. The zero-order chi connectivity index (χ0) is 15.8. The van der Waals surface area contributed by atoms with Crippen molar-refractivity contribution in [2.45, 2.75) is 25.9 Å². The van der Waals surface area contributed by atoms with E-state index < -0.39 is 0 Å². The van der Waals surface area contributed by atoms with Gasteiger partial charge in [-0.25, -0.2) is 4.98 Å². The largest absolute Gasteiger partial charge is 0.392 e. The molecule has 3 rings (SSSR count). The van der Waals surface area contributed by atoms with Gasteiger partial charge in [-0.1, -0.05) is 24.3 Å². The molecule has 0 aliphatic carbocycles. The van der Waals surface area contributed by atoms with E-state index in [1.165, 1.54) is 24.4 Å². The molecular formula is C15H17N3O3S. The highest BCUT2D eigenvalue weighted by Gasteiger charge is 2.16. The number of aromatic nitrogens is 2. The Labute approximate surface area is 132 Å². The molecule has 0 spiro atoms. The van der Waals surface area contributed by atoms with Crippen LogP contribution in [0.4, 0.5) is 5.13 Å². The van der Waals surface area contributed by atoms with Gasteiger partial charge in [0.15, 0.2) is 0 Å². The predicted molar refractivity (Wildman–Crippen MR) is 81.5 cm³/mol. The topological polar surface area (TPSA) is 83.4 Å². The SMILES string of the molecule is O=C=O.OCc1cccc(Cc2nsc(N3CCCC3)n2)c1. The van der Waals surface area contributed by atoms with Crippen LogP contribution in [0.15, 0.2) is 24.3 Å². The number of benzene rings is 1. The molecule has 1 fully saturated rings. The molecule has 2 aromatic rings. The molecule has 0 unspecified atom stereocenters. The molecule has 0 bridgehead atoms. The van der Waals surface area contributed by atoms with E-state index in [2.05, 4.69) is 20.3 Å². The molecule has 7 heteroatoms. The summed E-state index contributed by atoms with van der Waals surface area (Å²) in [7, 11) is 0. The van der Waals surface area contributed by atoms with Crippen LogP contribution in [0, 0.1) is 0 Å². The molecule has 0 atom stereocenters. The molecule has 1 aliphatic rings. The molecule has 1 aliphatic heterocycles. The van der Waals surface area contributed by atoms with E-state index in [4.69, 9.17) is 14.7 Å². The van der Waals surface area contributed by atoms with Gasteiger partial charge in [-0.3, -0.25) is 0 Å². The quantitative estimate of drug-likeness (QED) is 0.922. The standard InChI is InChI=1S/C14H17N3OS.CO2/c18-10-12-5-3-4-11(8-12)9-13-15-14(19-16-13)17-6-1-2-7-17;2-1-3/h3-5,8,18H,1-2,6-7,9-10H2;. The Kier molecular flexibility index (Phi) is 6.21. The van der Waals surface area contributed by atoms with E-state index in [0.29, 0.717) is 0 Å². The summed E-state index contributed by atoms with van der Waals surface area (Å²) in [5, 5.41) is 10.2. The summed E-state index contributed by atoms with van der Waals surface area (Å²) in [4.78, 5) is 23.2. The summed E-state index contributed by atoms with van der Waals surface area (Å²) in [5.74, 6) is 0.877. The first-order chi connectivity index (χ1) is 10.8. The monoisotopic (exact) mass is 319 g/mol. The van der Waals surface area contributed by atoms with Gasteiger partial charge in [-0.05, 0) is 24.0 Å². The highest BCUT2D eigenvalue weighted by molar-refractivity contribution is 7.09. The summed E-state index contributed by atoms with van der Waals surface area (Å²) in [6, 6.07) is 7.95. The second kappa shape index (κ2) is 8.38. The van der Waals surface area contributed by atoms with Gasteiger partial charge in [0.1, 0.15) is 5.82 Å². The average Bonchev–Trinajstić information content (AvgIpc) is 3.19. The van der Waals surface area contributed by atoms with Gasteiger partial charge < -0.3 is 10.0 Å². The Bertz CT molecular complexity index is 632. The van der Waals surface area contributed by atoms with Gasteiger partial charge in [-0.2, -0.15) is 14.0 Å². The maximum Gasteiger partial charge on any atom is 0.373 e. The molecule has 0 saturated carbocycles. The number of hydrogen-bond acceptors (Lipinski definition) is 7. The molecule has 1 aromatic heterocycles. The van der Waals surface area contributed by atoms with Crippen molar-refractivity contribution in [1.82, 2.24) is 9.36 Å². The Morgan fingerprint density at radius 2 is 1.91 bits per heavy atom. The van der Waals surface area contributed by atoms with E-state index >= 15 is 0 Å². The average molecular weight is 319 g/mol. The first-order valence-corrected chi connectivity index (χ1v) is 7.79. The van der Waals surface area contributed by atoms with Crippen molar-refractivity contribution in [2.24, 2.45) is 0 Å². The molecule has 2 heterocycles. The van der Waals surface area contributed by atoms with Gasteiger partial charge >= 0.3 is 6.15 Å². The van der Waals surface area contributed by atoms with Crippen molar-refractivity contribution in [3.8, 4) is 0 Å². The van der Waals surface area contributed by atoms with Gasteiger partial charge in [0.25, 0.3) is 0 Å². The first kappa shape index (κ1) is 16.3. The smallest absolute Gasteiger partial charge is 0.373 e. The molecule has 6 nitrogen and oxygen atoms in total. The maximum atomic E-state index is 9.14. The third-order valence-electron chi connectivity index (χ3n) is 3.37. The van der Waals surface area contributed by atoms with E-state index in [1.807, 2.05) is 18.2 Å². The van der Waals surface area contributed by atoms with Crippen LogP contribution in [0.5, 0.6) is 0 Å². The summed E-state index contributed by atoms with van der Waals surface area (Å²) < 4.78 is 4.44. The number of aliphatic hydroxyl groups excluding tert-OH is 1. The highest BCUT2D eigenvalue weighted by atomic mass is 32.1. The third kappa shape index (κ3) is 4.46. The number of aliphatic hydroxyl groups is 1. The first-order valence-electron chi connectivity index (χ1n) is 7.02. The fraction of sp³-hybridized carbons (Fsp3) is 0.400. The Morgan fingerprint density at radius 3 is 2.59 bits per heavy atom. The molecule has 1 aromatic carbocycles. The van der Waals surface area contributed by atoms with Crippen molar-refractivity contribution in [3.63, 3.8) is 0 Å². The molecule has 1 saturated heterocycles. The van der Waals surface area contributed by atoms with Crippen LogP contribution >= 0.6 is 11.5 Å². The van der Waals surface area contributed by atoms with Crippen LogP contribution in [0.1, 0.15) is 29.8 Å². The van der Waals surface area contributed by atoms with Crippen LogP contribution in [-0.2, 0) is 22.6 Å². The lowest BCUT2D eigenvalue weighted by atomic mass is 10.1. The van der Waals surface area contributed by atoms with Crippen molar-refractivity contribution in [2.75, 3.05) is 18.0 Å². The van der Waals surface area contributed by atoms with Crippen molar-refractivity contribution >= 4 is 22.8 Å². The van der Waals surface area contributed by atoms with Gasteiger partial charge in [-0.15, -0.1) is 0 Å². The van der Waals surface area contributed by atoms with Crippen LogP contribution in [0.3, 0.4) is 0 Å². The molecule has 116 valence electrons. The van der Waals surface area contributed by atoms with E-state index in [-0.39, 0.29) is 12.8 Å². The van der Waals surface area contributed by atoms with E-state index in [0.717, 1.165) is 41.6 Å². The van der Waals surface area contributed by atoms with Crippen molar-refractivity contribution < 1.29 is 14.7 Å². The number of carbonyl (C=O) groups excluding carboxylic acids is 2. The normalized spacial score (nSPS) is 13.4. The minimum atomic E-state index is 0.0807. The zero-order valence-corrected chi connectivity index (χ0v) is 12.9. The molecule has 22 heavy (non-hydrogen) atoms. The van der Waals surface area contributed by atoms with Crippen LogP contribution in [-0.4, -0.2) is 33.7 Å². The lowest BCUT2D eigenvalue weighted by Crippen LogP contribution is -2.17. The Morgan fingerprint density at radius 1 is 1.23 bits per heavy atom. The number of anilines is 1. The fourth-order valence-electron chi connectivity index (χ4n) is 2.37. The molecule has 0 amide bonds. The molecule has 1 N–H and O–H groups in total. The Balaban J connectivity index is 0.000000545. The fourth-order valence-corrected chi connectivity index (χ4v) is 3.11. The van der Waals surface area contributed by atoms with Crippen molar-refractivity contribution in [1.29, 1.82) is 0 Å². The highest BCUT2D eigenvalue weighted by Crippen LogP contribution is 2.23. The number of rotatable bonds is 4. The van der Waals surface area contributed by atoms with Gasteiger partial charge in [0, 0.05) is 31.0 Å². The minimum Gasteiger partial charge on any atom is -0.392 e. The second-order valence-corrected chi connectivity index (χ2v) is 5.66. The second-order valence-electron chi connectivity index (χ2n) is 4.93. The molecule has 0 radical (unpaired) electrons. The maximum absolute atomic E-state index is 9.14. The number of nitrogens with zero attached hydrogens (tertiary/aromatic N) is 3. The predicted octanol–water partition coefficient (Wildman–Crippen LogP) is 1.64. The van der Waals surface area contributed by atoms with Crippen LogP contribution < -0.4 is 4.90 Å². The number of hydrogen-bond donors (Lipinski definition) is 1. The zero-order valence-electron chi connectivity index (χ0n) is 12.1. The van der Waals surface area contributed by atoms with E-state index in [9.17, 15) is 0 Å². The summed E-state index contributed by atoms with van der Waals surface area (Å²) >= 11 is 1.49. The van der Waals surface area contributed by atoms with E-state index in [1.54, 1.807) is 0 Å². The summed E-state index contributed by atoms with van der Waals surface area (Å²) in [6.45, 7) is 2.29. The van der Waals surface area contributed by atoms with Crippen molar-refractivity contribution in [3.05, 3.63) is 41.2 Å². The van der Waals surface area contributed by atoms with Crippen LogP contribution in [0.2, 0.25) is 0 Å². The summed E-state index contributed by atoms with van der Waals surface area (Å²) in [5.41, 5.74) is 2.09. The minimum absolute atomic E-state index is 0.0807.